The van der Waals surface area contributed by atoms with Gasteiger partial charge in [0.15, 0.2) is 0 Å². The molecule has 1 rings (SSSR count). The van der Waals surface area contributed by atoms with E-state index >= 15 is 0 Å². The van der Waals surface area contributed by atoms with Gasteiger partial charge in [-0.15, -0.1) is 12.4 Å². The summed E-state index contributed by atoms with van der Waals surface area (Å²) >= 11 is 1.72. The molecule has 0 aromatic heterocycles. The van der Waals surface area contributed by atoms with E-state index in [1.54, 1.807) is 11.8 Å². The first-order valence-electron chi connectivity index (χ1n) is 7.20. The van der Waals surface area contributed by atoms with Crippen molar-refractivity contribution in [3.05, 3.63) is 0 Å². The standard InChI is InChI=1S/C14H28N2O2S.ClH/c1-10(2)13-11(5-4-7-18-13)9-16-14(17)12(15)6-8-19-3;/h10-13H,4-9,15H2,1-3H3,(H,16,17);1H/t11?,12-,13?;/m0./s1. The molecule has 3 N–H and O–H groups in total. The van der Waals surface area contributed by atoms with E-state index < -0.39 is 0 Å². The van der Waals surface area contributed by atoms with Crippen molar-refractivity contribution in [2.24, 2.45) is 17.6 Å². The van der Waals surface area contributed by atoms with Crippen molar-refractivity contribution in [3.63, 3.8) is 0 Å². The summed E-state index contributed by atoms with van der Waals surface area (Å²) in [5.74, 6) is 1.82. The van der Waals surface area contributed by atoms with E-state index in [1.165, 1.54) is 0 Å². The average Bonchev–Trinajstić information content (AvgIpc) is 2.42. The Morgan fingerprint density at radius 2 is 2.20 bits per heavy atom. The fraction of sp³-hybridized carbons (Fsp3) is 0.929. The fourth-order valence-electron chi connectivity index (χ4n) is 2.56. The van der Waals surface area contributed by atoms with Gasteiger partial charge in [0.1, 0.15) is 0 Å². The lowest BCUT2D eigenvalue weighted by Crippen LogP contribution is -2.46. The Balaban J connectivity index is 0.00000361. The minimum atomic E-state index is -0.380. The molecule has 0 bridgehead atoms. The lowest BCUT2D eigenvalue weighted by Gasteiger charge is -2.34. The van der Waals surface area contributed by atoms with Gasteiger partial charge in [-0.25, -0.2) is 0 Å². The number of thioether (sulfide) groups is 1. The molecule has 0 aromatic rings. The van der Waals surface area contributed by atoms with Crippen molar-refractivity contribution in [2.75, 3.05) is 25.2 Å². The number of ether oxygens (including phenoxy) is 1. The number of nitrogens with one attached hydrogen (secondary N) is 1. The van der Waals surface area contributed by atoms with Crippen LogP contribution in [0.2, 0.25) is 0 Å². The Bertz CT molecular complexity index is 280. The summed E-state index contributed by atoms with van der Waals surface area (Å²) in [6, 6.07) is -0.380. The first-order chi connectivity index (χ1) is 9.06. The molecule has 0 aromatic carbocycles. The molecule has 1 aliphatic rings. The Morgan fingerprint density at radius 1 is 1.50 bits per heavy atom. The highest BCUT2D eigenvalue weighted by atomic mass is 35.5. The maximum atomic E-state index is 11.9. The quantitative estimate of drug-likeness (QED) is 0.752. The third-order valence-corrected chi connectivity index (χ3v) is 4.30. The van der Waals surface area contributed by atoms with E-state index in [0.29, 0.717) is 18.4 Å². The van der Waals surface area contributed by atoms with Gasteiger partial charge in [-0.1, -0.05) is 13.8 Å². The first kappa shape index (κ1) is 20.0. The number of carbonyl (C=O) groups excluding carboxylic acids is 1. The van der Waals surface area contributed by atoms with E-state index in [2.05, 4.69) is 19.2 Å². The van der Waals surface area contributed by atoms with Crippen LogP contribution in [0.15, 0.2) is 0 Å². The molecule has 120 valence electrons. The molecular weight excluding hydrogens is 296 g/mol. The molecule has 0 aliphatic carbocycles. The van der Waals surface area contributed by atoms with Crippen LogP contribution in [0.3, 0.4) is 0 Å². The van der Waals surface area contributed by atoms with Crippen molar-refractivity contribution in [3.8, 4) is 0 Å². The van der Waals surface area contributed by atoms with Gasteiger partial charge in [-0.3, -0.25) is 4.79 Å². The largest absolute Gasteiger partial charge is 0.378 e. The molecule has 0 radical (unpaired) electrons. The number of carbonyl (C=O) groups is 1. The molecule has 1 fully saturated rings. The summed E-state index contributed by atoms with van der Waals surface area (Å²) in [6.45, 7) is 5.89. The highest BCUT2D eigenvalue weighted by Gasteiger charge is 2.29. The molecule has 3 atom stereocenters. The molecule has 1 amide bonds. The Labute approximate surface area is 133 Å². The lowest BCUT2D eigenvalue weighted by molar-refractivity contribution is -0.123. The predicted molar refractivity (Wildman–Crippen MR) is 88.5 cm³/mol. The van der Waals surface area contributed by atoms with Gasteiger partial charge >= 0.3 is 0 Å². The van der Waals surface area contributed by atoms with Crippen LogP contribution in [-0.2, 0) is 9.53 Å². The zero-order chi connectivity index (χ0) is 14.3. The molecule has 1 saturated heterocycles. The minimum Gasteiger partial charge on any atom is -0.378 e. The molecule has 20 heavy (non-hydrogen) atoms. The Hall–Kier alpha value is 0.0300. The molecule has 4 nitrogen and oxygen atoms in total. The van der Waals surface area contributed by atoms with Gasteiger partial charge in [0.05, 0.1) is 12.1 Å². The molecule has 0 spiro atoms. The predicted octanol–water partition coefficient (Wildman–Crippen LogP) is 2.06. The van der Waals surface area contributed by atoms with Crippen molar-refractivity contribution < 1.29 is 9.53 Å². The number of hydrogen-bond acceptors (Lipinski definition) is 4. The minimum absolute atomic E-state index is 0. The fourth-order valence-corrected chi connectivity index (χ4v) is 3.05. The van der Waals surface area contributed by atoms with Crippen LogP contribution in [0.5, 0.6) is 0 Å². The maximum absolute atomic E-state index is 11.9. The monoisotopic (exact) mass is 324 g/mol. The summed E-state index contributed by atoms with van der Waals surface area (Å²) < 4.78 is 5.82. The summed E-state index contributed by atoms with van der Waals surface area (Å²) in [5, 5.41) is 2.99. The number of rotatable bonds is 7. The van der Waals surface area contributed by atoms with E-state index in [9.17, 15) is 4.79 Å². The summed E-state index contributed by atoms with van der Waals surface area (Å²) in [4.78, 5) is 11.9. The summed E-state index contributed by atoms with van der Waals surface area (Å²) in [6.07, 6.45) is 5.24. The Kier molecular flexibility index (Phi) is 10.7. The van der Waals surface area contributed by atoms with E-state index in [4.69, 9.17) is 10.5 Å². The molecule has 2 unspecified atom stereocenters. The van der Waals surface area contributed by atoms with Crippen molar-refractivity contribution >= 4 is 30.1 Å². The van der Waals surface area contributed by atoms with E-state index in [1.807, 2.05) is 6.26 Å². The lowest BCUT2D eigenvalue weighted by atomic mass is 9.87. The van der Waals surface area contributed by atoms with Crippen LogP contribution in [0, 0.1) is 11.8 Å². The number of nitrogens with two attached hydrogens (primary N) is 1. The first-order valence-corrected chi connectivity index (χ1v) is 8.59. The molecule has 6 heteroatoms. The second kappa shape index (κ2) is 10.7. The van der Waals surface area contributed by atoms with Crippen LogP contribution in [-0.4, -0.2) is 43.2 Å². The van der Waals surface area contributed by atoms with Gasteiger partial charge in [-0.2, -0.15) is 11.8 Å². The maximum Gasteiger partial charge on any atom is 0.236 e. The van der Waals surface area contributed by atoms with E-state index in [-0.39, 0.29) is 30.5 Å². The van der Waals surface area contributed by atoms with Crippen molar-refractivity contribution in [1.82, 2.24) is 5.32 Å². The second-order valence-corrected chi connectivity index (χ2v) is 6.60. The zero-order valence-corrected chi connectivity index (χ0v) is 14.4. The van der Waals surface area contributed by atoms with Gasteiger partial charge in [0.25, 0.3) is 0 Å². The second-order valence-electron chi connectivity index (χ2n) is 5.61. The van der Waals surface area contributed by atoms with Crippen molar-refractivity contribution in [2.45, 2.75) is 45.3 Å². The molecule has 1 aliphatic heterocycles. The highest BCUT2D eigenvalue weighted by molar-refractivity contribution is 7.98. The Morgan fingerprint density at radius 3 is 2.80 bits per heavy atom. The number of amides is 1. The zero-order valence-electron chi connectivity index (χ0n) is 12.8. The van der Waals surface area contributed by atoms with Gasteiger partial charge < -0.3 is 15.8 Å². The van der Waals surface area contributed by atoms with Gasteiger partial charge in [0.2, 0.25) is 5.91 Å². The van der Waals surface area contributed by atoms with Crippen LogP contribution < -0.4 is 11.1 Å². The smallest absolute Gasteiger partial charge is 0.236 e. The summed E-state index contributed by atoms with van der Waals surface area (Å²) in [7, 11) is 0. The molecule has 1 heterocycles. The van der Waals surface area contributed by atoms with E-state index in [0.717, 1.165) is 31.6 Å². The van der Waals surface area contributed by atoms with Gasteiger partial charge in [0, 0.05) is 19.1 Å². The molecular formula is C14H29ClN2O2S. The number of halogens is 1. The number of hydrogen-bond donors (Lipinski definition) is 2. The molecule has 0 saturated carbocycles. The third-order valence-electron chi connectivity index (χ3n) is 3.66. The topological polar surface area (TPSA) is 64.4 Å². The highest BCUT2D eigenvalue weighted by Crippen LogP contribution is 2.25. The van der Waals surface area contributed by atoms with Crippen LogP contribution in [0.1, 0.15) is 33.1 Å². The average molecular weight is 325 g/mol. The van der Waals surface area contributed by atoms with Crippen LogP contribution in [0.25, 0.3) is 0 Å². The SMILES string of the molecule is CSCC[C@H](N)C(=O)NCC1CCCOC1C(C)C.Cl. The van der Waals surface area contributed by atoms with Gasteiger partial charge in [-0.05, 0) is 37.2 Å². The summed E-state index contributed by atoms with van der Waals surface area (Å²) in [5.41, 5.74) is 5.86. The van der Waals surface area contributed by atoms with Crippen LogP contribution >= 0.6 is 24.2 Å². The van der Waals surface area contributed by atoms with Crippen LogP contribution in [0.4, 0.5) is 0 Å². The van der Waals surface area contributed by atoms with Crippen molar-refractivity contribution in [1.29, 1.82) is 0 Å². The third kappa shape index (κ3) is 6.66. The normalized spacial score (nSPS) is 24.1.